The minimum atomic E-state index is 0.933. The van der Waals surface area contributed by atoms with Gasteiger partial charge in [0.15, 0.2) is 5.13 Å². The van der Waals surface area contributed by atoms with Crippen LogP contribution in [0, 0.1) is 6.92 Å². The van der Waals surface area contributed by atoms with Gasteiger partial charge in [-0.3, -0.25) is 4.68 Å². The topological polar surface area (TPSA) is 42.7 Å². The molecule has 15 heavy (non-hydrogen) atoms. The van der Waals surface area contributed by atoms with E-state index in [9.17, 15) is 0 Å². The predicted octanol–water partition coefficient (Wildman–Crippen LogP) is 2.49. The van der Waals surface area contributed by atoms with E-state index in [0.29, 0.717) is 0 Å². The van der Waals surface area contributed by atoms with Gasteiger partial charge in [-0.2, -0.15) is 5.10 Å². The van der Waals surface area contributed by atoms with Crippen LogP contribution in [0.4, 0.5) is 10.8 Å². The molecule has 0 aromatic carbocycles. The molecule has 2 heterocycles. The SMILES string of the molecule is CCc1csc(Nc2cn(C)nc2C)n1. The van der Waals surface area contributed by atoms with Crippen molar-refractivity contribution in [2.45, 2.75) is 20.3 Å². The van der Waals surface area contributed by atoms with Gasteiger partial charge in [0, 0.05) is 18.6 Å². The van der Waals surface area contributed by atoms with Crippen LogP contribution in [-0.4, -0.2) is 14.8 Å². The molecule has 2 aromatic heterocycles. The van der Waals surface area contributed by atoms with Crippen molar-refractivity contribution < 1.29 is 0 Å². The fourth-order valence-electron chi connectivity index (χ4n) is 1.36. The molecule has 4 nitrogen and oxygen atoms in total. The highest BCUT2D eigenvalue weighted by Gasteiger charge is 2.05. The molecule has 0 aliphatic heterocycles. The number of nitrogens with one attached hydrogen (secondary N) is 1. The summed E-state index contributed by atoms with van der Waals surface area (Å²) < 4.78 is 1.80. The fraction of sp³-hybridized carbons (Fsp3) is 0.400. The highest BCUT2D eigenvalue weighted by molar-refractivity contribution is 7.13. The molecule has 0 saturated carbocycles. The second-order valence-corrected chi connectivity index (χ2v) is 4.28. The van der Waals surface area contributed by atoms with Crippen LogP contribution in [-0.2, 0) is 13.5 Å². The van der Waals surface area contributed by atoms with Gasteiger partial charge < -0.3 is 5.32 Å². The van der Waals surface area contributed by atoms with E-state index >= 15 is 0 Å². The number of hydrogen-bond acceptors (Lipinski definition) is 4. The van der Waals surface area contributed by atoms with Gasteiger partial charge in [0.05, 0.1) is 17.1 Å². The third kappa shape index (κ3) is 2.18. The van der Waals surface area contributed by atoms with Crippen molar-refractivity contribution in [2.24, 2.45) is 7.05 Å². The molecule has 0 saturated heterocycles. The summed E-state index contributed by atoms with van der Waals surface area (Å²) >= 11 is 1.63. The Kier molecular flexibility index (Phi) is 2.73. The molecule has 0 spiro atoms. The summed E-state index contributed by atoms with van der Waals surface area (Å²) in [5, 5.41) is 10.5. The molecule has 2 aromatic rings. The smallest absolute Gasteiger partial charge is 0.187 e. The molecule has 1 N–H and O–H groups in total. The van der Waals surface area contributed by atoms with Crippen LogP contribution >= 0.6 is 11.3 Å². The van der Waals surface area contributed by atoms with E-state index in [1.165, 1.54) is 0 Å². The first-order valence-electron chi connectivity index (χ1n) is 4.90. The average Bonchev–Trinajstić information content (AvgIpc) is 2.75. The van der Waals surface area contributed by atoms with E-state index in [-0.39, 0.29) is 0 Å². The Balaban J connectivity index is 2.17. The van der Waals surface area contributed by atoms with Gasteiger partial charge in [-0.1, -0.05) is 6.92 Å². The number of thiazole rings is 1. The number of aryl methyl sites for hydroxylation is 3. The number of aromatic nitrogens is 3. The van der Waals surface area contributed by atoms with Gasteiger partial charge in [0.2, 0.25) is 0 Å². The molecule has 0 atom stereocenters. The molecule has 0 fully saturated rings. The Bertz CT molecular complexity index is 458. The Morgan fingerprint density at radius 2 is 2.33 bits per heavy atom. The Hall–Kier alpha value is -1.36. The first-order chi connectivity index (χ1) is 7.19. The summed E-state index contributed by atoms with van der Waals surface area (Å²) in [6.45, 7) is 4.09. The van der Waals surface area contributed by atoms with Crippen LogP contribution in [0.3, 0.4) is 0 Å². The number of rotatable bonds is 3. The summed E-state index contributed by atoms with van der Waals surface area (Å²) in [7, 11) is 1.91. The van der Waals surface area contributed by atoms with Crippen molar-refractivity contribution in [3.05, 3.63) is 23.0 Å². The zero-order valence-corrected chi connectivity index (χ0v) is 9.93. The van der Waals surface area contributed by atoms with E-state index in [0.717, 1.165) is 28.6 Å². The Morgan fingerprint density at radius 1 is 1.53 bits per heavy atom. The zero-order chi connectivity index (χ0) is 10.8. The lowest BCUT2D eigenvalue weighted by Crippen LogP contribution is -1.90. The lowest BCUT2D eigenvalue weighted by atomic mass is 10.4. The van der Waals surface area contributed by atoms with Crippen LogP contribution in [0.2, 0.25) is 0 Å². The summed E-state index contributed by atoms with van der Waals surface area (Å²) in [5.41, 5.74) is 3.14. The van der Waals surface area contributed by atoms with Gasteiger partial charge in [-0.25, -0.2) is 4.98 Å². The monoisotopic (exact) mass is 222 g/mol. The first kappa shape index (κ1) is 10.2. The maximum absolute atomic E-state index is 4.44. The van der Waals surface area contributed by atoms with Crippen LogP contribution in [0.25, 0.3) is 0 Å². The van der Waals surface area contributed by atoms with Crippen LogP contribution in [0.1, 0.15) is 18.3 Å². The molecule has 0 radical (unpaired) electrons. The van der Waals surface area contributed by atoms with Gasteiger partial charge in [-0.05, 0) is 13.3 Å². The molecule has 0 aliphatic rings. The van der Waals surface area contributed by atoms with E-state index in [1.54, 1.807) is 16.0 Å². The zero-order valence-electron chi connectivity index (χ0n) is 9.11. The second-order valence-electron chi connectivity index (χ2n) is 3.42. The molecule has 2 rings (SSSR count). The minimum Gasteiger partial charge on any atom is -0.329 e. The maximum atomic E-state index is 4.44. The van der Waals surface area contributed by atoms with E-state index in [1.807, 2.05) is 20.2 Å². The minimum absolute atomic E-state index is 0.933. The molecule has 5 heteroatoms. The molecule has 80 valence electrons. The maximum Gasteiger partial charge on any atom is 0.187 e. The Labute approximate surface area is 93.0 Å². The standard InChI is InChI=1S/C10H14N4S/c1-4-8-6-15-10(11-8)12-9-5-14(3)13-7(9)2/h5-6H,4H2,1-3H3,(H,11,12). The molecule has 0 bridgehead atoms. The van der Waals surface area contributed by atoms with Crippen LogP contribution < -0.4 is 5.32 Å². The normalized spacial score (nSPS) is 10.6. The molecular formula is C10H14N4S. The van der Waals surface area contributed by atoms with Crippen molar-refractivity contribution in [3.8, 4) is 0 Å². The quantitative estimate of drug-likeness (QED) is 0.867. The summed E-state index contributed by atoms with van der Waals surface area (Å²) in [5.74, 6) is 0. The molecule has 0 aliphatic carbocycles. The van der Waals surface area contributed by atoms with Gasteiger partial charge in [-0.15, -0.1) is 11.3 Å². The van der Waals surface area contributed by atoms with Crippen LogP contribution in [0.5, 0.6) is 0 Å². The highest BCUT2D eigenvalue weighted by atomic mass is 32.1. The second kappa shape index (κ2) is 4.02. The largest absolute Gasteiger partial charge is 0.329 e. The van der Waals surface area contributed by atoms with E-state index < -0.39 is 0 Å². The van der Waals surface area contributed by atoms with Crippen molar-refractivity contribution in [3.63, 3.8) is 0 Å². The van der Waals surface area contributed by atoms with Gasteiger partial charge in [0.1, 0.15) is 0 Å². The lowest BCUT2D eigenvalue weighted by Gasteiger charge is -1.98. The summed E-state index contributed by atoms with van der Waals surface area (Å²) in [6.07, 6.45) is 2.94. The van der Waals surface area contributed by atoms with Crippen molar-refractivity contribution in [1.82, 2.24) is 14.8 Å². The predicted molar refractivity (Wildman–Crippen MR) is 62.7 cm³/mol. The lowest BCUT2D eigenvalue weighted by molar-refractivity contribution is 0.756. The van der Waals surface area contributed by atoms with Gasteiger partial charge in [0.25, 0.3) is 0 Å². The number of hydrogen-bond donors (Lipinski definition) is 1. The molecule has 0 unspecified atom stereocenters. The van der Waals surface area contributed by atoms with Crippen LogP contribution in [0.15, 0.2) is 11.6 Å². The summed E-state index contributed by atoms with van der Waals surface area (Å²) in [6, 6.07) is 0. The molecule has 0 amide bonds. The number of nitrogens with zero attached hydrogens (tertiary/aromatic N) is 3. The Morgan fingerprint density at radius 3 is 2.87 bits per heavy atom. The van der Waals surface area contributed by atoms with E-state index in [4.69, 9.17) is 0 Å². The van der Waals surface area contributed by atoms with Crippen molar-refractivity contribution in [1.29, 1.82) is 0 Å². The average molecular weight is 222 g/mol. The fourth-order valence-corrected chi connectivity index (χ4v) is 2.17. The van der Waals surface area contributed by atoms with Gasteiger partial charge >= 0.3 is 0 Å². The third-order valence-electron chi connectivity index (χ3n) is 2.17. The highest BCUT2D eigenvalue weighted by Crippen LogP contribution is 2.22. The van der Waals surface area contributed by atoms with Crippen molar-refractivity contribution >= 4 is 22.2 Å². The first-order valence-corrected chi connectivity index (χ1v) is 5.78. The summed E-state index contributed by atoms with van der Waals surface area (Å²) in [4.78, 5) is 4.44. The third-order valence-corrected chi connectivity index (χ3v) is 2.98. The molecular weight excluding hydrogens is 208 g/mol. The van der Waals surface area contributed by atoms with Crippen molar-refractivity contribution in [2.75, 3.05) is 5.32 Å². The number of anilines is 2. The van der Waals surface area contributed by atoms with E-state index in [2.05, 4.69) is 27.7 Å².